The number of pyridine rings is 1. The smallest absolute Gasteiger partial charge is 0.352 e. The molecule has 16 heavy (non-hydrogen) atoms. The summed E-state index contributed by atoms with van der Waals surface area (Å²) in [6.07, 6.45) is 5.59. The molecule has 0 amide bonds. The van der Waals surface area contributed by atoms with Crippen molar-refractivity contribution in [2.75, 3.05) is 0 Å². The molecule has 82 valence electrons. The largest absolute Gasteiger partial charge is 0.487 e. The highest BCUT2D eigenvalue weighted by atomic mass is 16.5. The van der Waals surface area contributed by atoms with Gasteiger partial charge in [-0.25, -0.2) is 9.78 Å². The molecule has 0 radical (unpaired) electrons. The number of ether oxygens (including phenoxy) is 1. The fourth-order valence-electron chi connectivity index (χ4n) is 1.62. The van der Waals surface area contributed by atoms with Gasteiger partial charge in [0.1, 0.15) is 5.69 Å². The van der Waals surface area contributed by atoms with Gasteiger partial charge < -0.3 is 9.84 Å². The molecule has 1 aliphatic rings. The van der Waals surface area contributed by atoms with Crippen LogP contribution in [0.15, 0.2) is 24.5 Å². The molecule has 5 heteroatoms. The fourth-order valence-corrected chi connectivity index (χ4v) is 1.62. The first-order chi connectivity index (χ1) is 7.75. The van der Waals surface area contributed by atoms with Crippen LogP contribution in [0.25, 0.3) is 5.65 Å². The van der Waals surface area contributed by atoms with E-state index in [4.69, 9.17) is 9.84 Å². The standard InChI is InChI=1S/C11H10N2O3/c14-11(15)8-3-4-9(16-7-1-2-7)10-12-5-6-13(8)10/h3-7H,1-2H2,(H,14,15). The van der Waals surface area contributed by atoms with E-state index < -0.39 is 5.97 Å². The van der Waals surface area contributed by atoms with Gasteiger partial charge in [-0.3, -0.25) is 4.40 Å². The summed E-state index contributed by atoms with van der Waals surface area (Å²) in [7, 11) is 0. The summed E-state index contributed by atoms with van der Waals surface area (Å²) in [4.78, 5) is 15.1. The molecule has 0 atom stereocenters. The van der Waals surface area contributed by atoms with Crippen LogP contribution in [0, 0.1) is 0 Å². The van der Waals surface area contributed by atoms with Crippen molar-refractivity contribution in [1.82, 2.24) is 9.38 Å². The van der Waals surface area contributed by atoms with Crippen molar-refractivity contribution in [3.63, 3.8) is 0 Å². The number of rotatable bonds is 3. The van der Waals surface area contributed by atoms with Gasteiger partial charge in [0.25, 0.3) is 0 Å². The first-order valence-electron chi connectivity index (χ1n) is 5.12. The molecule has 1 N–H and O–H groups in total. The highest BCUT2D eigenvalue weighted by Crippen LogP contribution is 2.29. The highest BCUT2D eigenvalue weighted by molar-refractivity contribution is 5.87. The van der Waals surface area contributed by atoms with Crippen LogP contribution in [-0.2, 0) is 0 Å². The molecule has 5 nitrogen and oxygen atoms in total. The second-order valence-electron chi connectivity index (χ2n) is 3.83. The van der Waals surface area contributed by atoms with Gasteiger partial charge in [-0.1, -0.05) is 0 Å². The van der Waals surface area contributed by atoms with Crippen molar-refractivity contribution >= 4 is 11.6 Å². The van der Waals surface area contributed by atoms with Gasteiger partial charge in [-0.2, -0.15) is 0 Å². The summed E-state index contributed by atoms with van der Waals surface area (Å²) in [5.41, 5.74) is 0.752. The van der Waals surface area contributed by atoms with Crippen molar-refractivity contribution in [2.45, 2.75) is 18.9 Å². The van der Waals surface area contributed by atoms with Crippen molar-refractivity contribution in [2.24, 2.45) is 0 Å². The van der Waals surface area contributed by atoms with Gasteiger partial charge in [-0.05, 0) is 25.0 Å². The molecule has 2 aromatic heterocycles. The Bertz CT molecular complexity index is 557. The molecule has 0 aliphatic heterocycles. The molecule has 2 aromatic rings. The van der Waals surface area contributed by atoms with E-state index in [9.17, 15) is 4.79 Å². The number of aromatic carboxylic acids is 1. The van der Waals surface area contributed by atoms with E-state index in [1.54, 1.807) is 18.5 Å². The molecule has 2 heterocycles. The zero-order chi connectivity index (χ0) is 11.1. The number of hydrogen-bond acceptors (Lipinski definition) is 3. The maximum atomic E-state index is 11.0. The van der Waals surface area contributed by atoms with Crippen molar-refractivity contribution < 1.29 is 14.6 Å². The quantitative estimate of drug-likeness (QED) is 0.849. The minimum Gasteiger partial charge on any atom is -0.487 e. The predicted molar refractivity (Wildman–Crippen MR) is 55.8 cm³/mol. The minimum atomic E-state index is -0.971. The van der Waals surface area contributed by atoms with E-state index in [0.29, 0.717) is 11.4 Å². The lowest BCUT2D eigenvalue weighted by Gasteiger charge is -2.07. The third-order valence-corrected chi connectivity index (χ3v) is 2.55. The van der Waals surface area contributed by atoms with E-state index in [1.165, 1.54) is 10.5 Å². The summed E-state index contributed by atoms with van der Waals surface area (Å²) in [6.45, 7) is 0. The third kappa shape index (κ3) is 1.41. The Morgan fingerprint density at radius 3 is 3.00 bits per heavy atom. The normalized spacial score (nSPS) is 15.2. The molecule has 0 unspecified atom stereocenters. The Labute approximate surface area is 91.3 Å². The second kappa shape index (κ2) is 3.23. The van der Waals surface area contributed by atoms with Crippen LogP contribution in [0.4, 0.5) is 0 Å². The van der Waals surface area contributed by atoms with Gasteiger partial charge in [0.15, 0.2) is 11.4 Å². The number of carboxylic acid groups (broad SMARTS) is 1. The summed E-state index contributed by atoms with van der Waals surface area (Å²) in [5, 5.41) is 9.00. The summed E-state index contributed by atoms with van der Waals surface area (Å²) < 4.78 is 7.18. The Hall–Kier alpha value is -2.04. The molecule has 1 fully saturated rings. The average molecular weight is 218 g/mol. The van der Waals surface area contributed by atoms with Gasteiger partial charge in [-0.15, -0.1) is 0 Å². The van der Waals surface area contributed by atoms with Gasteiger partial charge in [0, 0.05) is 12.4 Å². The number of hydrogen-bond donors (Lipinski definition) is 1. The number of carbonyl (C=O) groups is 1. The van der Waals surface area contributed by atoms with Crippen LogP contribution in [0.3, 0.4) is 0 Å². The van der Waals surface area contributed by atoms with Crippen LogP contribution in [0.1, 0.15) is 23.3 Å². The Morgan fingerprint density at radius 2 is 2.31 bits per heavy atom. The van der Waals surface area contributed by atoms with E-state index >= 15 is 0 Å². The molecular weight excluding hydrogens is 208 g/mol. The fraction of sp³-hybridized carbons (Fsp3) is 0.273. The molecular formula is C11H10N2O3. The Kier molecular flexibility index (Phi) is 1.86. The zero-order valence-electron chi connectivity index (χ0n) is 8.46. The Balaban J connectivity index is 2.13. The van der Waals surface area contributed by atoms with E-state index in [-0.39, 0.29) is 11.8 Å². The molecule has 0 spiro atoms. The summed E-state index contributed by atoms with van der Waals surface area (Å²) >= 11 is 0. The third-order valence-electron chi connectivity index (χ3n) is 2.55. The summed E-state index contributed by atoms with van der Waals surface area (Å²) in [5.74, 6) is -0.321. The lowest BCUT2D eigenvalue weighted by molar-refractivity contribution is 0.0689. The highest BCUT2D eigenvalue weighted by Gasteiger charge is 2.25. The van der Waals surface area contributed by atoms with E-state index in [2.05, 4.69) is 4.98 Å². The monoisotopic (exact) mass is 218 g/mol. The maximum Gasteiger partial charge on any atom is 0.352 e. The first-order valence-corrected chi connectivity index (χ1v) is 5.12. The topological polar surface area (TPSA) is 63.8 Å². The van der Waals surface area contributed by atoms with Crippen LogP contribution in [0.2, 0.25) is 0 Å². The summed E-state index contributed by atoms with van der Waals surface area (Å²) in [6, 6.07) is 3.21. The van der Waals surface area contributed by atoms with Crippen LogP contribution >= 0.6 is 0 Å². The molecule has 1 saturated carbocycles. The Morgan fingerprint density at radius 1 is 1.50 bits per heavy atom. The molecule has 1 aliphatic carbocycles. The minimum absolute atomic E-state index is 0.190. The lowest BCUT2D eigenvalue weighted by atomic mass is 10.3. The van der Waals surface area contributed by atoms with Crippen molar-refractivity contribution in [1.29, 1.82) is 0 Å². The number of fused-ring (bicyclic) bond motifs is 1. The van der Waals surface area contributed by atoms with Gasteiger partial charge in [0.05, 0.1) is 6.10 Å². The average Bonchev–Trinajstić information content (AvgIpc) is 2.93. The van der Waals surface area contributed by atoms with Crippen LogP contribution < -0.4 is 4.74 Å². The number of aromatic nitrogens is 2. The molecule has 0 saturated heterocycles. The van der Waals surface area contributed by atoms with E-state index in [1.807, 2.05) is 0 Å². The van der Waals surface area contributed by atoms with Crippen molar-refractivity contribution in [3.8, 4) is 5.75 Å². The molecule has 3 rings (SSSR count). The van der Waals surface area contributed by atoms with Crippen LogP contribution in [-0.4, -0.2) is 26.6 Å². The molecule has 0 bridgehead atoms. The number of carboxylic acids is 1. The van der Waals surface area contributed by atoms with Gasteiger partial charge >= 0.3 is 5.97 Å². The van der Waals surface area contributed by atoms with Gasteiger partial charge in [0.2, 0.25) is 0 Å². The van der Waals surface area contributed by atoms with E-state index in [0.717, 1.165) is 12.8 Å². The second-order valence-corrected chi connectivity index (χ2v) is 3.83. The van der Waals surface area contributed by atoms with Crippen LogP contribution in [0.5, 0.6) is 5.75 Å². The van der Waals surface area contributed by atoms with Crippen molar-refractivity contribution in [3.05, 3.63) is 30.2 Å². The maximum absolute atomic E-state index is 11.0. The predicted octanol–water partition coefficient (Wildman–Crippen LogP) is 1.57. The molecule has 0 aromatic carbocycles. The lowest BCUT2D eigenvalue weighted by Crippen LogP contribution is -2.06. The number of imidazole rings is 1. The first kappa shape index (κ1) is 9.21. The SMILES string of the molecule is O=C(O)c1ccc(OC2CC2)c2nccn12. The zero-order valence-corrected chi connectivity index (χ0v) is 8.46. The number of nitrogens with zero attached hydrogens (tertiary/aromatic N) is 2.